The molecule has 1 unspecified atom stereocenters. The van der Waals surface area contributed by atoms with Gasteiger partial charge in [0.25, 0.3) is 0 Å². The fourth-order valence-corrected chi connectivity index (χ4v) is 3.16. The van der Waals surface area contributed by atoms with Crippen LogP contribution in [0.25, 0.3) is 0 Å². The van der Waals surface area contributed by atoms with E-state index in [4.69, 9.17) is 11.6 Å². The lowest BCUT2D eigenvalue weighted by Gasteiger charge is -2.09. The van der Waals surface area contributed by atoms with Gasteiger partial charge in [-0.05, 0) is 37.1 Å². The van der Waals surface area contributed by atoms with Gasteiger partial charge in [-0.2, -0.15) is 11.8 Å². The van der Waals surface area contributed by atoms with Crippen molar-refractivity contribution in [2.45, 2.75) is 24.6 Å². The molecule has 1 aromatic carbocycles. The SMILES string of the molecule is Clc1cccc(CSCC2CCCN2)c1. The van der Waals surface area contributed by atoms with Gasteiger partial charge in [0.2, 0.25) is 0 Å². The van der Waals surface area contributed by atoms with Gasteiger partial charge in [0.05, 0.1) is 0 Å². The van der Waals surface area contributed by atoms with Crippen molar-refractivity contribution >= 4 is 23.4 Å². The summed E-state index contributed by atoms with van der Waals surface area (Å²) < 4.78 is 0. The van der Waals surface area contributed by atoms with Crippen molar-refractivity contribution in [3.05, 3.63) is 34.9 Å². The van der Waals surface area contributed by atoms with E-state index in [9.17, 15) is 0 Å². The number of hydrogen-bond donors (Lipinski definition) is 1. The molecule has 1 atom stereocenters. The average Bonchev–Trinajstić information content (AvgIpc) is 2.71. The molecular weight excluding hydrogens is 226 g/mol. The van der Waals surface area contributed by atoms with Crippen molar-refractivity contribution in [3.8, 4) is 0 Å². The van der Waals surface area contributed by atoms with Crippen molar-refractivity contribution < 1.29 is 0 Å². The fraction of sp³-hybridized carbons (Fsp3) is 0.500. The van der Waals surface area contributed by atoms with E-state index in [2.05, 4.69) is 17.4 Å². The van der Waals surface area contributed by atoms with Gasteiger partial charge in [-0.15, -0.1) is 0 Å². The third-order valence-corrected chi connectivity index (χ3v) is 4.05. The highest BCUT2D eigenvalue weighted by Gasteiger charge is 2.13. The highest BCUT2D eigenvalue weighted by Crippen LogP contribution is 2.19. The van der Waals surface area contributed by atoms with Crippen LogP contribution in [0.15, 0.2) is 24.3 Å². The van der Waals surface area contributed by atoms with Crippen LogP contribution in [0, 0.1) is 0 Å². The Morgan fingerprint density at radius 1 is 1.47 bits per heavy atom. The molecule has 2 rings (SSSR count). The smallest absolute Gasteiger partial charge is 0.0409 e. The summed E-state index contributed by atoms with van der Waals surface area (Å²) in [5.74, 6) is 2.28. The fourth-order valence-electron chi connectivity index (χ4n) is 1.84. The van der Waals surface area contributed by atoms with Gasteiger partial charge in [0.1, 0.15) is 0 Å². The lowest BCUT2D eigenvalue weighted by atomic mass is 10.2. The Hall–Kier alpha value is -0.180. The zero-order valence-corrected chi connectivity index (χ0v) is 10.3. The normalized spacial score (nSPS) is 20.7. The molecule has 1 nitrogen and oxygen atoms in total. The molecule has 0 aliphatic carbocycles. The van der Waals surface area contributed by atoms with Crippen molar-refractivity contribution in [3.63, 3.8) is 0 Å². The summed E-state index contributed by atoms with van der Waals surface area (Å²) in [6.45, 7) is 1.20. The van der Waals surface area contributed by atoms with E-state index in [-0.39, 0.29) is 0 Å². The summed E-state index contributed by atoms with van der Waals surface area (Å²) in [4.78, 5) is 0. The van der Waals surface area contributed by atoms with Gasteiger partial charge in [0.15, 0.2) is 0 Å². The van der Waals surface area contributed by atoms with Gasteiger partial charge >= 0.3 is 0 Å². The van der Waals surface area contributed by atoms with Crippen LogP contribution in [0.2, 0.25) is 5.02 Å². The second-order valence-corrected chi connectivity index (χ2v) is 5.41. The van der Waals surface area contributed by atoms with E-state index < -0.39 is 0 Å². The summed E-state index contributed by atoms with van der Waals surface area (Å²) in [5, 5.41) is 4.35. The van der Waals surface area contributed by atoms with E-state index >= 15 is 0 Å². The molecule has 1 heterocycles. The monoisotopic (exact) mass is 241 g/mol. The number of thioether (sulfide) groups is 1. The zero-order chi connectivity index (χ0) is 10.5. The Bertz CT molecular complexity index is 310. The number of hydrogen-bond acceptors (Lipinski definition) is 2. The van der Waals surface area contributed by atoms with E-state index in [1.165, 1.54) is 30.7 Å². The first-order valence-electron chi connectivity index (χ1n) is 5.40. The molecule has 0 saturated carbocycles. The van der Waals surface area contributed by atoms with Gasteiger partial charge in [-0.3, -0.25) is 0 Å². The first-order chi connectivity index (χ1) is 7.34. The van der Waals surface area contributed by atoms with Crippen LogP contribution in [0.3, 0.4) is 0 Å². The molecule has 1 N–H and O–H groups in total. The summed E-state index contributed by atoms with van der Waals surface area (Å²) >= 11 is 7.92. The van der Waals surface area contributed by atoms with E-state index in [0.29, 0.717) is 0 Å². The summed E-state index contributed by atoms with van der Waals surface area (Å²) in [6, 6.07) is 8.87. The molecule has 1 aromatic rings. The van der Waals surface area contributed by atoms with Crippen LogP contribution < -0.4 is 5.32 Å². The molecule has 1 saturated heterocycles. The van der Waals surface area contributed by atoms with Gasteiger partial charge in [-0.1, -0.05) is 23.7 Å². The molecule has 15 heavy (non-hydrogen) atoms. The number of halogens is 1. The number of benzene rings is 1. The van der Waals surface area contributed by atoms with Crippen LogP contribution in [0.5, 0.6) is 0 Å². The van der Waals surface area contributed by atoms with Crippen molar-refractivity contribution in [1.82, 2.24) is 5.32 Å². The quantitative estimate of drug-likeness (QED) is 0.868. The lowest BCUT2D eigenvalue weighted by molar-refractivity contribution is 0.674. The van der Waals surface area contributed by atoms with E-state index in [1.54, 1.807) is 0 Å². The maximum absolute atomic E-state index is 5.93. The molecule has 3 heteroatoms. The molecule has 82 valence electrons. The van der Waals surface area contributed by atoms with Crippen molar-refractivity contribution in [2.75, 3.05) is 12.3 Å². The van der Waals surface area contributed by atoms with Crippen LogP contribution in [0.1, 0.15) is 18.4 Å². The zero-order valence-electron chi connectivity index (χ0n) is 8.71. The minimum atomic E-state index is 0.731. The number of nitrogens with one attached hydrogen (secondary N) is 1. The van der Waals surface area contributed by atoms with E-state index in [1.807, 2.05) is 23.9 Å². The average molecular weight is 242 g/mol. The van der Waals surface area contributed by atoms with Crippen LogP contribution in [-0.4, -0.2) is 18.3 Å². The standard InChI is InChI=1S/C12H16ClNS/c13-11-4-1-3-10(7-11)8-15-9-12-5-2-6-14-12/h1,3-4,7,12,14H,2,5-6,8-9H2. The molecule has 0 amide bonds. The molecule has 0 bridgehead atoms. The summed E-state index contributed by atoms with van der Waals surface area (Å²) in [5.41, 5.74) is 1.32. The molecule has 0 spiro atoms. The predicted octanol–water partition coefficient (Wildman–Crippen LogP) is 3.33. The summed E-state index contributed by atoms with van der Waals surface area (Å²) in [7, 11) is 0. The Morgan fingerprint density at radius 3 is 3.13 bits per heavy atom. The molecule has 0 radical (unpaired) electrons. The largest absolute Gasteiger partial charge is 0.313 e. The molecule has 0 aromatic heterocycles. The second-order valence-electron chi connectivity index (χ2n) is 3.94. The van der Waals surface area contributed by atoms with Crippen LogP contribution >= 0.6 is 23.4 Å². The first-order valence-corrected chi connectivity index (χ1v) is 6.93. The van der Waals surface area contributed by atoms with E-state index in [0.717, 1.165) is 16.8 Å². The van der Waals surface area contributed by atoms with Gasteiger partial charge in [0, 0.05) is 22.6 Å². The third-order valence-electron chi connectivity index (χ3n) is 2.64. The Kier molecular flexibility index (Phi) is 4.36. The Morgan fingerprint density at radius 2 is 2.40 bits per heavy atom. The van der Waals surface area contributed by atoms with Gasteiger partial charge in [-0.25, -0.2) is 0 Å². The van der Waals surface area contributed by atoms with Gasteiger partial charge < -0.3 is 5.32 Å². The minimum absolute atomic E-state index is 0.731. The Labute approximate surface area is 101 Å². The predicted molar refractivity (Wildman–Crippen MR) is 68.6 cm³/mol. The maximum Gasteiger partial charge on any atom is 0.0409 e. The highest BCUT2D eigenvalue weighted by atomic mass is 35.5. The molecule has 1 aliphatic heterocycles. The van der Waals surface area contributed by atoms with Crippen molar-refractivity contribution in [2.24, 2.45) is 0 Å². The highest BCUT2D eigenvalue weighted by molar-refractivity contribution is 7.98. The molecular formula is C12H16ClNS. The number of rotatable bonds is 4. The van der Waals surface area contributed by atoms with Crippen molar-refractivity contribution in [1.29, 1.82) is 0 Å². The lowest BCUT2D eigenvalue weighted by Crippen LogP contribution is -2.23. The third kappa shape index (κ3) is 3.71. The van der Waals surface area contributed by atoms with Crippen LogP contribution in [0.4, 0.5) is 0 Å². The maximum atomic E-state index is 5.93. The molecule has 1 fully saturated rings. The molecule has 1 aliphatic rings. The second kappa shape index (κ2) is 5.78. The van der Waals surface area contributed by atoms with Crippen LogP contribution in [-0.2, 0) is 5.75 Å². The Balaban J connectivity index is 1.73. The topological polar surface area (TPSA) is 12.0 Å². The summed E-state index contributed by atoms with van der Waals surface area (Å²) in [6.07, 6.45) is 2.67. The first kappa shape index (κ1) is 11.3. The minimum Gasteiger partial charge on any atom is -0.313 e.